The Kier molecular flexibility index (Phi) is 5.47. The predicted octanol–water partition coefficient (Wildman–Crippen LogP) is 5.58. The van der Waals surface area contributed by atoms with Gasteiger partial charge in [0.1, 0.15) is 5.82 Å². The SMILES string of the molecule is FC(F)(F)COc1cccc(N2CC[C@H](c3ccccc3)[C@H]3CCCC[C@H]32)n1. The maximum absolute atomic E-state index is 12.5. The largest absolute Gasteiger partial charge is 0.468 e. The lowest BCUT2D eigenvalue weighted by molar-refractivity contribution is -0.154. The van der Waals surface area contributed by atoms with Crippen LogP contribution in [0.1, 0.15) is 43.6 Å². The molecule has 3 nitrogen and oxygen atoms in total. The van der Waals surface area contributed by atoms with Crippen LogP contribution in [0.25, 0.3) is 0 Å². The summed E-state index contributed by atoms with van der Waals surface area (Å²) in [6.45, 7) is -0.456. The lowest BCUT2D eigenvalue weighted by Crippen LogP contribution is -2.50. The van der Waals surface area contributed by atoms with Crippen LogP contribution in [-0.4, -0.2) is 30.4 Å². The van der Waals surface area contributed by atoms with E-state index in [4.69, 9.17) is 4.74 Å². The quantitative estimate of drug-likeness (QED) is 0.682. The maximum Gasteiger partial charge on any atom is 0.422 e. The molecule has 0 unspecified atom stereocenters. The molecule has 0 spiro atoms. The molecule has 2 aromatic rings. The number of aromatic nitrogens is 1. The summed E-state index contributed by atoms with van der Waals surface area (Å²) >= 11 is 0. The molecule has 3 atom stereocenters. The van der Waals surface area contributed by atoms with E-state index in [0.717, 1.165) is 25.2 Å². The van der Waals surface area contributed by atoms with Gasteiger partial charge < -0.3 is 9.64 Å². The van der Waals surface area contributed by atoms with Crippen molar-refractivity contribution in [2.75, 3.05) is 18.1 Å². The summed E-state index contributed by atoms with van der Waals surface area (Å²) in [5, 5.41) is 0. The summed E-state index contributed by atoms with van der Waals surface area (Å²) in [5.41, 5.74) is 1.40. The molecule has 28 heavy (non-hydrogen) atoms. The Morgan fingerprint density at radius 3 is 2.54 bits per heavy atom. The highest BCUT2D eigenvalue weighted by Crippen LogP contribution is 2.45. The summed E-state index contributed by atoms with van der Waals surface area (Å²) < 4.78 is 42.2. The van der Waals surface area contributed by atoms with Gasteiger partial charge in [-0.25, -0.2) is 0 Å². The van der Waals surface area contributed by atoms with E-state index in [9.17, 15) is 13.2 Å². The number of hydrogen-bond acceptors (Lipinski definition) is 3. The first-order valence-corrected chi connectivity index (χ1v) is 9.99. The van der Waals surface area contributed by atoms with Gasteiger partial charge in [0.2, 0.25) is 5.88 Å². The highest BCUT2D eigenvalue weighted by Gasteiger charge is 2.40. The number of fused-ring (bicyclic) bond motifs is 1. The van der Waals surface area contributed by atoms with E-state index in [1.165, 1.54) is 30.9 Å². The zero-order valence-electron chi connectivity index (χ0n) is 15.7. The van der Waals surface area contributed by atoms with Gasteiger partial charge in [-0.1, -0.05) is 49.2 Å². The number of anilines is 1. The third-order valence-electron chi connectivity index (χ3n) is 5.99. The molecule has 6 heteroatoms. The van der Waals surface area contributed by atoms with E-state index in [0.29, 0.717) is 17.9 Å². The van der Waals surface area contributed by atoms with Crippen molar-refractivity contribution in [3.63, 3.8) is 0 Å². The van der Waals surface area contributed by atoms with Crippen molar-refractivity contribution in [2.24, 2.45) is 5.92 Å². The second-order valence-electron chi connectivity index (χ2n) is 7.75. The molecule has 2 heterocycles. The van der Waals surface area contributed by atoms with Crippen molar-refractivity contribution in [3.8, 4) is 5.88 Å². The second-order valence-corrected chi connectivity index (χ2v) is 7.75. The van der Waals surface area contributed by atoms with Crippen LogP contribution in [0.15, 0.2) is 48.5 Å². The summed E-state index contributed by atoms with van der Waals surface area (Å²) in [6.07, 6.45) is 1.37. The Morgan fingerprint density at radius 1 is 0.964 bits per heavy atom. The Bertz CT molecular complexity index is 781. The highest BCUT2D eigenvalue weighted by atomic mass is 19.4. The van der Waals surface area contributed by atoms with E-state index in [1.807, 2.05) is 12.1 Å². The molecular weight excluding hydrogens is 365 g/mol. The van der Waals surface area contributed by atoms with Crippen molar-refractivity contribution in [1.29, 1.82) is 0 Å². The molecule has 2 fully saturated rings. The van der Waals surface area contributed by atoms with Gasteiger partial charge in [0.05, 0.1) is 0 Å². The van der Waals surface area contributed by atoms with Crippen molar-refractivity contribution >= 4 is 5.82 Å². The number of piperidine rings is 1. The van der Waals surface area contributed by atoms with Gasteiger partial charge in [-0.3, -0.25) is 0 Å². The van der Waals surface area contributed by atoms with Crippen LogP contribution in [0.4, 0.5) is 19.0 Å². The molecule has 0 N–H and O–H groups in total. The van der Waals surface area contributed by atoms with E-state index >= 15 is 0 Å². The first kappa shape index (κ1) is 19.1. The van der Waals surface area contributed by atoms with Gasteiger partial charge in [0.25, 0.3) is 0 Å². The molecule has 2 aliphatic rings. The minimum Gasteiger partial charge on any atom is -0.468 e. The van der Waals surface area contributed by atoms with Crippen LogP contribution in [0.3, 0.4) is 0 Å². The molecule has 1 saturated heterocycles. The minimum atomic E-state index is -4.36. The van der Waals surface area contributed by atoms with Gasteiger partial charge >= 0.3 is 6.18 Å². The lowest BCUT2D eigenvalue weighted by Gasteiger charge is -2.49. The summed E-state index contributed by atoms with van der Waals surface area (Å²) in [6, 6.07) is 16.2. The molecule has 4 rings (SSSR count). The van der Waals surface area contributed by atoms with E-state index in [-0.39, 0.29) is 5.88 Å². The molecule has 0 radical (unpaired) electrons. The fraction of sp³-hybridized carbons (Fsp3) is 0.500. The minimum absolute atomic E-state index is 0.0346. The number of ether oxygens (including phenoxy) is 1. The first-order valence-electron chi connectivity index (χ1n) is 9.99. The van der Waals surface area contributed by atoms with Gasteiger partial charge in [0, 0.05) is 18.7 Å². The molecule has 1 aliphatic heterocycles. The third kappa shape index (κ3) is 4.26. The van der Waals surface area contributed by atoms with E-state index in [2.05, 4.69) is 34.1 Å². The fourth-order valence-corrected chi connectivity index (χ4v) is 4.85. The van der Waals surface area contributed by atoms with Gasteiger partial charge in [0.15, 0.2) is 6.61 Å². The number of alkyl halides is 3. The summed E-state index contributed by atoms with van der Waals surface area (Å²) in [5.74, 6) is 1.84. The number of halogens is 3. The van der Waals surface area contributed by atoms with Gasteiger partial charge in [-0.2, -0.15) is 18.2 Å². The molecule has 1 aromatic carbocycles. The lowest BCUT2D eigenvalue weighted by atomic mass is 9.69. The van der Waals surface area contributed by atoms with Crippen LogP contribution >= 0.6 is 0 Å². The standard InChI is InChI=1S/C22H25F3N2O/c23-22(24,25)15-28-21-12-6-11-20(26-21)27-14-13-17(16-7-2-1-3-8-16)18-9-4-5-10-19(18)27/h1-3,6-8,11-12,17-19H,4-5,9-10,13-15H2/t17-,18-,19-/m1/s1. The zero-order valence-corrected chi connectivity index (χ0v) is 15.7. The smallest absolute Gasteiger partial charge is 0.422 e. The Morgan fingerprint density at radius 2 is 1.75 bits per heavy atom. The van der Waals surface area contributed by atoms with Crippen LogP contribution in [0.2, 0.25) is 0 Å². The van der Waals surface area contributed by atoms with Crippen LogP contribution in [-0.2, 0) is 0 Å². The van der Waals surface area contributed by atoms with Crippen LogP contribution in [0, 0.1) is 5.92 Å². The van der Waals surface area contributed by atoms with Gasteiger partial charge in [-0.05, 0) is 42.7 Å². The van der Waals surface area contributed by atoms with E-state index in [1.54, 1.807) is 6.07 Å². The molecule has 1 aliphatic carbocycles. The average Bonchev–Trinajstić information content (AvgIpc) is 2.72. The van der Waals surface area contributed by atoms with E-state index < -0.39 is 12.8 Å². The summed E-state index contributed by atoms with van der Waals surface area (Å²) in [4.78, 5) is 6.69. The van der Waals surface area contributed by atoms with Crippen molar-refractivity contribution in [2.45, 2.75) is 50.2 Å². The summed E-state index contributed by atoms with van der Waals surface area (Å²) in [7, 11) is 0. The molecule has 1 saturated carbocycles. The van der Waals surface area contributed by atoms with Crippen molar-refractivity contribution in [1.82, 2.24) is 4.98 Å². The third-order valence-corrected chi connectivity index (χ3v) is 5.99. The molecule has 0 amide bonds. The maximum atomic E-state index is 12.5. The molecular formula is C22H25F3N2O. The monoisotopic (exact) mass is 390 g/mol. The number of nitrogens with zero attached hydrogens (tertiary/aromatic N) is 2. The molecule has 0 bridgehead atoms. The average molecular weight is 390 g/mol. The Hall–Kier alpha value is -2.24. The molecule has 1 aromatic heterocycles. The van der Waals surface area contributed by atoms with Crippen molar-refractivity contribution in [3.05, 3.63) is 54.1 Å². The Balaban J connectivity index is 1.54. The topological polar surface area (TPSA) is 25.4 Å². The Labute approximate surface area is 163 Å². The number of benzene rings is 1. The molecule has 150 valence electrons. The van der Waals surface area contributed by atoms with Gasteiger partial charge in [-0.15, -0.1) is 0 Å². The first-order chi connectivity index (χ1) is 13.5. The highest BCUT2D eigenvalue weighted by molar-refractivity contribution is 5.44. The number of rotatable bonds is 4. The second kappa shape index (κ2) is 8.02. The fourth-order valence-electron chi connectivity index (χ4n) is 4.85. The zero-order chi connectivity index (χ0) is 19.6. The number of hydrogen-bond donors (Lipinski definition) is 0. The predicted molar refractivity (Wildman–Crippen MR) is 103 cm³/mol. The van der Waals surface area contributed by atoms with Crippen molar-refractivity contribution < 1.29 is 17.9 Å². The van der Waals surface area contributed by atoms with Crippen LogP contribution < -0.4 is 9.64 Å². The van der Waals surface area contributed by atoms with Crippen LogP contribution in [0.5, 0.6) is 5.88 Å². The number of pyridine rings is 1. The normalized spacial score (nSPS) is 25.2.